The summed E-state index contributed by atoms with van der Waals surface area (Å²) < 4.78 is 0. The van der Waals surface area contributed by atoms with Crippen molar-refractivity contribution in [1.82, 2.24) is 20.4 Å². The molecule has 6 nitrogen and oxygen atoms in total. The number of carbonyl (C=O) groups excluding carboxylic acids is 2. The average Bonchev–Trinajstić information content (AvgIpc) is 2.53. The molecule has 1 heterocycles. The van der Waals surface area contributed by atoms with Crippen molar-refractivity contribution in [3.63, 3.8) is 0 Å². The summed E-state index contributed by atoms with van der Waals surface area (Å²) in [7, 11) is 0. The lowest BCUT2D eigenvalue weighted by Gasteiger charge is -2.34. The van der Waals surface area contributed by atoms with Crippen molar-refractivity contribution >= 4 is 11.9 Å². The fraction of sp³-hybridized carbons (Fsp3) is 0.765. The maximum absolute atomic E-state index is 12.2. The maximum Gasteiger partial charge on any atom is 0.318 e. The quantitative estimate of drug-likeness (QED) is 0.747. The van der Waals surface area contributed by atoms with E-state index in [1.807, 2.05) is 0 Å². The Morgan fingerprint density at radius 2 is 1.96 bits per heavy atom. The van der Waals surface area contributed by atoms with Gasteiger partial charge in [-0.15, -0.1) is 6.42 Å². The number of nitrogens with zero attached hydrogens (tertiary/aromatic N) is 2. The number of carbonyl (C=O) groups is 2. The first-order valence-electron chi connectivity index (χ1n) is 8.56. The third-order valence-electron chi connectivity index (χ3n) is 4.67. The molecule has 2 N–H and O–H groups in total. The molecule has 2 rings (SSSR count). The highest BCUT2D eigenvalue weighted by Crippen LogP contribution is 2.23. The third-order valence-corrected chi connectivity index (χ3v) is 4.67. The fourth-order valence-corrected chi connectivity index (χ4v) is 3.39. The van der Waals surface area contributed by atoms with Gasteiger partial charge in [-0.3, -0.25) is 9.69 Å². The topological polar surface area (TPSA) is 64.7 Å². The van der Waals surface area contributed by atoms with Gasteiger partial charge in [0.2, 0.25) is 5.91 Å². The van der Waals surface area contributed by atoms with Crippen molar-refractivity contribution < 1.29 is 9.59 Å². The zero-order valence-electron chi connectivity index (χ0n) is 14.0. The SMILES string of the molecule is C#CCNC(=O)N1CCN(CC(=O)NC2CCCC(C)C2)CC1. The van der Waals surface area contributed by atoms with E-state index in [-0.39, 0.29) is 18.5 Å². The van der Waals surface area contributed by atoms with Crippen LogP contribution in [0.5, 0.6) is 0 Å². The summed E-state index contributed by atoms with van der Waals surface area (Å²) in [6.07, 6.45) is 9.80. The summed E-state index contributed by atoms with van der Waals surface area (Å²) in [6, 6.07) is 0.213. The zero-order valence-corrected chi connectivity index (χ0v) is 14.0. The van der Waals surface area contributed by atoms with Crippen molar-refractivity contribution in [1.29, 1.82) is 0 Å². The Hall–Kier alpha value is -1.74. The number of hydrogen-bond acceptors (Lipinski definition) is 3. The van der Waals surface area contributed by atoms with Crippen LogP contribution in [0, 0.1) is 18.3 Å². The Bertz CT molecular complexity index is 452. The van der Waals surface area contributed by atoms with Crippen molar-refractivity contribution in [2.45, 2.75) is 38.6 Å². The minimum atomic E-state index is -0.122. The number of rotatable bonds is 4. The number of terminal acetylenes is 1. The molecule has 6 heteroatoms. The van der Waals surface area contributed by atoms with E-state index in [9.17, 15) is 9.59 Å². The summed E-state index contributed by atoms with van der Waals surface area (Å²) in [5.41, 5.74) is 0. The molecule has 0 radical (unpaired) electrons. The molecule has 128 valence electrons. The largest absolute Gasteiger partial charge is 0.352 e. The first-order chi connectivity index (χ1) is 11.1. The Morgan fingerprint density at radius 3 is 2.61 bits per heavy atom. The number of nitrogens with one attached hydrogen (secondary N) is 2. The molecule has 0 aromatic rings. The highest BCUT2D eigenvalue weighted by atomic mass is 16.2. The molecule has 0 spiro atoms. The summed E-state index contributed by atoms with van der Waals surface area (Å²) in [4.78, 5) is 27.8. The predicted molar refractivity (Wildman–Crippen MR) is 89.8 cm³/mol. The number of urea groups is 1. The van der Waals surface area contributed by atoms with Crippen LogP contribution in [0.2, 0.25) is 0 Å². The maximum atomic E-state index is 12.2. The van der Waals surface area contributed by atoms with Crippen LogP contribution in [0.1, 0.15) is 32.6 Å². The van der Waals surface area contributed by atoms with E-state index >= 15 is 0 Å². The molecule has 0 aromatic carbocycles. The van der Waals surface area contributed by atoms with Gasteiger partial charge in [0.25, 0.3) is 0 Å². The van der Waals surface area contributed by atoms with Crippen LogP contribution < -0.4 is 10.6 Å². The zero-order chi connectivity index (χ0) is 16.7. The molecule has 1 saturated carbocycles. The minimum Gasteiger partial charge on any atom is -0.352 e. The lowest BCUT2D eigenvalue weighted by Crippen LogP contribution is -2.54. The molecule has 1 aliphatic heterocycles. The normalized spacial score (nSPS) is 25.5. The molecular weight excluding hydrogens is 292 g/mol. The average molecular weight is 320 g/mol. The number of amides is 3. The molecule has 0 bridgehead atoms. The predicted octanol–water partition coefficient (Wildman–Crippen LogP) is 0.642. The van der Waals surface area contributed by atoms with Crippen molar-refractivity contribution in [2.75, 3.05) is 39.3 Å². The van der Waals surface area contributed by atoms with Gasteiger partial charge >= 0.3 is 6.03 Å². The van der Waals surface area contributed by atoms with Gasteiger partial charge in [0.05, 0.1) is 13.1 Å². The molecule has 1 aliphatic carbocycles. The summed E-state index contributed by atoms with van der Waals surface area (Å²) >= 11 is 0. The van der Waals surface area contributed by atoms with Gasteiger partial charge in [-0.05, 0) is 18.8 Å². The van der Waals surface area contributed by atoms with Gasteiger partial charge in [0.15, 0.2) is 0 Å². The Labute approximate surface area is 139 Å². The van der Waals surface area contributed by atoms with Gasteiger partial charge in [0, 0.05) is 32.2 Å². The van der Waals surface area contributed by atoms with Crippen LogP contribution in [0.15, 0.2) is 0 Å². The fourth-order valence-electron chi connectivity index (χ4n) is 3.39. The Balaban J connectivity index is 1.66. The Kier molecular flexibility index (Phi) is 6.72. The van der Waals surface area contributed by atoms with E-state index in [4.69, 9.17) is 6.42 Å². The van der Waals surface area contributed by atoms with Crippen molar-refractivity contribution in [3.05, 3.63) is 0 Å². The van der Waals surface area contributed by atoms with Crippen molar-refractivity contribution in [3.8, 4) is 12.3 Å². The van der Waals surface area contributed by atoms with Crippen LogP contribution >= 0.6 is 0 Å². The lowest BCUT2D eigenvalue weighted by molar-refractivity contribution is -0.123. The van der Waals surface area contributed by atoms with E-state index in [0.717, 1.165) is 25.9 Å². The van der Waals surface area contributed by atoms with Gasteiger partial charge in [-0.2, -0.15) is 0 Å². The second kappa shape index (κ2) is 8.78. The smallest absolute Gasteiger partial charge is 0.318 e. The molecule has 2 unspecified atom stereocenters. The molecule has 0 aromatic heterocycles. The van der Waals surface area contributed by atoms with Crippen molar-refractivity contribution in [2.24, 2.45) is 5.92 Å². The van der Waals surface area contributed by atoms with Crippen LogP contribution in [0.3, 0.4) is 0 Å². The molecule has 1 saturated heterocycles. The number of hydrogen-bond donors (Lipinski definition) is 2. The van der Waals surface area contributed by atoms with Gasteiger partial charge in [-0.1, -0.05) is 25.7 Å². The first-order valence-corrected chi connectivity index (χ1v) is 8.56. The van der Waals surface area contributed by atoms with Crippen LogP contribution in [-0.4, -0.2) is 67.0 Å². The van der Waals surface area contributed by atoms with E-state index < -0.39 is 0 Å². The van der Waals surface area contributed by atoms with Gasteiger partial charge in [-0.25, -0.2) is 4.79 Å². The molecular formula is C17H28N4O2. The molecule has 2 atom stereocenters. The standard InChI is InChI=1S/C17H28N4O2/c1-3-7-18-17(23)21-10-8-20(9-11-21)13-16(22)19-15-6-4-5-14(2)12-15/h1,14-15H,4-13H2,2H3,(H,18,23)(H,19,22). The van der Waals surface area contributed by atoms with E-state index in [0.29, 0.717) is 31.6 Å². The second-order valence-corrected chi connectivity index (χ2v) is 6.66. The monoisotopic (exact) mass is 320 g/mol. The van der Waals surface area contributed by atoms with Crippen LogP contribution in [-0.2, 0) is 4.79 Å². The Morgan fingerprint density at radius 1 is 1.22 bits per heavy atom. The van der Waals surface area contributed by atoms with Gasteiger partial charge < -0.3 is 15.5 Å². The minimum absolute atomic E-state index is 0.106. The van der Waals surface area contributed by atoms with E-state index in [2.05, 4.69) is 28.4 Å². The van der Waals surface area contributed by atoms with Crippen LogP contribution in [0.4, 0.5) is 4.79 Å². The molecule has 2 fully saturated rings. The van der Waals surface area contributed by atoms with Gasteiger partial charge in [0.1, 0.15) is 0 Å². The lowest BCUT2D eigenvalue weighted by atomic mass is 9.87. The highest BCUT2D eigenvalue weighted by Gasteiger charge is 2.24. The second-order valence-electron chi connectivity index (χ2n) is 6.66. The number of piperazine rings is 1. The van der Waals surface area contributed by atoms with E-state index in [1.165, 1.54) is 12.8 Å². The summed E-state index contributed by atoms with van der Waals surface area (Å²) in [5.74, 6) is 3.21. The summed E-state index contributed by atoms with van der Waals surface area (Å²) in [5, 5.41) is 5.83. The molecule has 2 aliphatic rings. The first kappa shape index (κ1) is 17.6. The summed E-state index contributed by atoms with van der Waals surface area (Å²) in [6.45, 7) is 5.62. The molecule has 3 amide bonds. The molecule has 23 heavy (non-hydrogen) atoms. The highest BCUT2D eigenvalue weighted by molar-refractivity contribution is 5.78. The van der Waals surface area contributed by atoms with E-state index in [1.54, 1.807) is 4.90 Å². The third kappa shape index (κ3) is 5.76. The van der Waals surface area contributed by atoms with Crippen LogP contribution in [0.25, 0.3) is 0 Å².